The van der Waals surface area contributed by atoms with Crippen molar-refractivity contribution in [1.29, 1.82) is 0 Å². The maximum Gasteiger partial charge on any atom is 0.185 e. The van der Waals surface area contributed by atoms with E-state index in [1.54, 1.807) is 6.92 Å². The third kappa shape index (κ3) is 14.9. The lowest BCUT2D eigenvalue weighted by molar-refractivity contribution is -0.109. The highest BCUT2D eigenvalue weighted by atomic mass is 32.3. The monoisotopic (exact) mass is 706 g/mol. The third-order valence-electron chi connectivity index (χ3n) is 5.04. The Morgan fingerprint density at radius 3 is 1.67 bits per heavy atom. The van der Waals surface area contributed by atoms with Gasteiger partial charge in [-0.05, 0) is 24.9 Å². The molecule has 5 nitrogen and oxygen atoms in total. The number of carbonyl (C=O) groups is 1. The van der Waals surface area contributed by atoms with Gasteiger partial charge in [-0.1, -0.05) is 71.7 Å². The Balaban J connectivity index is 1.47. The van der Waals surface area contributed by atoms with E-state index in [1.807, 2.05) is 94.1 Å². The highest BCUT2D eigenvalue weighted by molar-refractivity contribution is 8.45. The summed E-state index contributed by atoms with van der Waals surface area (Å²) in [6.45, 7) is 6.76. The van der Waals surface area contributed by atoms with Crippen LogP contribution in [0.5, 0.6) is 0 Å². The standard InChI is InChI=1S/C25H38O5S9/c1-19(26)32-15-5-3-4-6-16-33-21-20(31-2)36-24(37-21)25-38-22-23(39-25)35-18-14-30-12-10-28-8-7-27-9-11-29-13-17-34-22/h3-18H2,1-2H3. The molecule has 0 aliphatic carbocycles. The molecule has 0 spiro atoms. The van der Waals surface area contributed by atoms with E-state index >= 15 is 0 Å². The van der Waals surface area contributed by atoms with Gasteiger partial charge in [-0.3, -0.25) is 4.79 Å². The minimum atomic E-state index is 0.231. The number of unbranched alkanes of at least 4 members (excludes halogenated alkanes) is 3. The van der Waals surface area contributed by atoms with Crippen LogP contribution in [0.25, 0.3) is 0 Å². The second-order valence-electron chi connectivity index (χ2n) is 8.09. The van der Waals surface area contributed by atoms with E-state index < -0.39 is 0 Å². The summed E-state index contributed by atoms with van der Waals surface area (Å²) in [4.78, 5) is 11.0. The van der Waals surface area contributed by atoms with Crippen LogP contribution in [0, 0.1) is 0 Å². The van der Waals surface area contributed by atoms with Crippen LogP contribution in [0.3, 0.4) is 0 Å². The Morgan fingerprint density at radius 1 is 0.641 bits per heavy atom. The second-order valence-corrected chi connectivity index (χ2v) is 19.1. The topological polar surface area (TPSA) is 54.0 Å². The smallest absolute Gasteiger partial charge is 0.185 e. The van der Waals surface area contributed by atoms with Crippen LogP contribution in [0.4, 0.5) is 0 Å². The molecular formula is C25H38O5S9. The molecule has 3 aliphatic heterocycles. The summed E-state index contributed by atoms with van der Waals surface area (Å²) in [5.41, 5.74) is 0. The molecule has 0 amide bonds. The van der Waals surface area contributed by atoms with Crippen LogP contribution >= 0.6 is 106 Å². The Hall–Kier alpha value is 1.88. The quantitative estimate of drug-likeness (QED) is 0.215. The summed E-state index contributed by atoms with van der Waals surface area (Å²) in [5.74, 6) is 4.00. The number of thioether (sulfide) groups is 9. The van der Waals surface area contributed by atoms with Gasteiger partial charge < -0.3 is 18.9 Å². The molecule has 0 radical (unpaired) electrons. The van der Waals surface area contributed by atoms with Crippen molar-refractivity contribution in [3.63, 3.8) is 0 Å². The molecular weight excluding hydrogens is 669 g/mol. The molecule has 0 aromatic rings. The predicted molar refractivity (Wildman–Crippen MR) is 187 cm³/mol. The van der Waals surface area contributed by atoms with Crippen LogP contribution < -0.4 is 0 Å². The minimum Gasteiger partial charge on any atom is -0.378 e. The molecule has 0 saturated heterocycles. The van der Waals surface area contributed by atoms with Crippen LogP contribution in [0.2, 0.25) is 0 Å². The lowest BCUT2D eigenvalue weighted by Gasteiger charge is -2.09. The number of carbonyl (C=O) groups excluding carboxylic acids is 1. The molecule has 0 unspecified atom stereocenters. The van der Waals surface area contributed by atoms with Crippen molar-refractivity contribution in [3.05, 3.63) is 25.4 Å². The minimum absolute atomic E-state index is 0.231. The third-order valence-corrected chi connectivity index (χ3v) is 17.4. The van der Waals surface area contributed by atoms with Gasteiger partial charge in [0, 0.05) is 24.2 Å². The first-order valence-electron chi connectivity index (χ1n) is 13.0. The van der Waals surface area contributed by atoms with Crippen LogP contribution in [-0.2, 0) is 23.7 Å². The molecule has 3 rings (SSSR count). The molecule has 39 heavy (non-hydrogen) atoms. The molecule has 0 atom stereocenters. The average molecular weight is 707 g/mol. The second kappa shape index (κ2) is 22.4. The lowest BCUT2D eigenvalue weighted by Crippen LogP contribution is -2.13. The maximum atomic E-state index is 11.0. The summed E-state index contributed by atoms with van der Waals surface area (Å²) in [5, 5.41) is 0.231. The molecule has 0 bridgehead atoms. The van der Waals surface area contributed by atoms with E-state index in [9.17, 15) is 4.79 Å². The van der Waals surface area contributed by atoms with Crippen molar-refractivity contribution in [2.45, 2.75) is 32.6 Å². The fraction of sp³-hybridized carbons (Fsp3) is 0.720. The van der Waals surface area contributed by atoms with Gasteiger partial charge in [0.15, 0.2) is 5.12 Å². The Morgan fingerprint density at radius 2 is 1.13 bits per heavy atom. The van der Waals surface area contributed by atoms with E-state index in [4.69, 9.17) is 18.9 Å². The van der Waals surface area contributed by atoms with Crippen molar-refractivity contribution >= 4 is 111 Å². The molecule has 0 aromatic heterocycles. The molecule has 0 N–H and O–H groups in total. The van der Waals surface area contributed by atoms with Crippen molar-refractivity contribution < 1.29 is 23.7 Å². The summed E-state index contributed by atoms with van der Waals surface area (Å²) >= 11 is 16.9. The first-order valence-corrected chi connectivity index (χ1v) is 21.4. The molecule has 3 heterocycles. The number of hydrogen-bond acceptors (Lipinski definition) is 14. The number of hydrogen-bond donors (Lipinski definition) is 0. The zero-order valence-corrected chi connectivity index (χ0v) is 29.9. The SMILES string of the molecule is CSC1=C(SCCCCCCSC(C)=O)SC(=C2SC3=C(SCCOCCOCCOCCOCCS3)S2)S1. The summed E-state index contributed by atoms with van der Waals surface area (Å²) in [6.07, 6.45) is 7.01. The molecule has 222 valence electrons. The van der Waals surface area contributed by atoms with Gasteiger partial charge in [-0.15, -0.1) is 47.0 Å². The van der Waals surface area contributed by atoms with Crippen molar-refractivity contribution in [2.24, 2.45) is 0 Å². The first-order chi connectivity index (χ1) is 19.2. The zero-order valence-electron chi connectivity index (χ0n) is 22.5. The van der Waals surface area contributed by atoms with Gasteiger partial charge in [-0.25, -0.2) is 0 Å². The van der Waals surface area contributed by atoms with Crippen molar-refractivity contribution in [3.8, 4) is 0 Å². The Labute approximate surface area is 272 Å². The van der Waals surface area contributed by atoms with E-state index in [-0.39, 0.29) is 5.12 Å². The number of ether oxygens (including phenoxy) is 4. The van der Waals surface area contributed by atoms with Gasteiger partial charge in [0.2, 0.25) is 0 Å². The highest BCUT2D eigenvalue weighted by Gasteiger charge is 2.30. The fourth-order valence-corrected chi connectivity index (χ4v) is 15.3. The highest BCUT2D eigenvalue weighted by Crippen LogP contribution is 2.65. The molecule has 14 heteroatoms. The Kier molecular flexibility index (Phi) is 20.3. The van der Waals surface area contributed by atoms with Gasteiger partial charge in [0.1, 0.15) is 0 Å². The molecule has 3 aliphatic rings. The van der Waals surface area contributed by atoms with Crippen LogP contribution in [-0.4, -0.2) is 87.2 Å². The molecule has 0 saturated carbocycles. The van der Waals surface area contributed by atoms with Crippen molar-refractivity contribution in [1.82, 2.24) is 0 Å². The van der Waals surface area contributed by atoms with E-state index in [2.05, 4.69) is 6.26 Å². The predicted octanol–water partition coefficient (Wildman–Crippen LogP) is 8.81. The van der Waals surface area contributed by atoms with Gasteiger partial charge in [-0.2, -0.15) is 0 Å². The normalized spacial score (nSPS) is 21.3. The lowest BCUT2D eigenvalue weighted by atomic mass is 10.2. The van der Waals surface area contributed by atoms with E-state index in [0.29, 0.717) is 39.6 Å². The van der Waals surface area contributed by atoms with Gasteiger partial charge in [0.25, 0.3) is 0 Å². The summed E-state index contributed by atoms with van der Waals surface area (Å²) < 4.78 is 31.2. The van der Waals surface area contributed by atoms with Gasteiger partial charge in [0.05, 0.1) is 78.3 Å². The van der Waals surface area contributed by atoms with Crippen LogP contribution in [0.15, 0.2) is 25.4 Å². The first kappa shape index (κ1) is 35.4. The maximum absolute atomic E-state index is 11.0. The Bertz CT molecular complexity index is 818. The molecule has 0 fully saturated rings. The van der Waals surface area contributed by atoms with E-state index in [1.165, 1.54) is 56.4 Å². The van der Waals surface area contributed by atoms with Crippen LogP contribution in [0.1, 0.15) is 32.6 Å². The summed E-state index contributed by atoms with van der Waals surface area (Å²) in [7, 11) is 0. The largest absolute Gasteiger partial charge is 0.378 e. The summed E-state index contributed by atoms with van der Waals surface area (Å²) in [6, 6.07) is 0. The van der Waals surface area contributed by atoms with Gasteiger partial charge >= 0.3 is 0 Å². The number of rotatable bonds is 9. The average Bonchev–Trinajstić information content (AvgIpc) is 3.53. The molecule has 0 aromatic carbocycles. The zero-order chi connectivity index (χ0) is 27.5. The van der Waals surface area contributed by atoms with E-state index in [0.717, 1.165) is 42.6 Å². The van der Waals surface area contributed by atoms with Crippen molar-refractivity contribution in [2.75, 3.05) is 82.1 Å². The fourth-order valence-electron chi connectivity index (χ4n) is 3.19.